The average Bonchev–Trinajstić information content (AvgIpc) is 3.36. The van der Waals surface area contributed by atoms with Gasteiger partial charge in [-0.15, -0.1) is 0 Å². The summed E-state index contributed by atoms with van der Waals surface area (Å²) >= 11 is 6.32. The van der Waals surface area contributed by atoms with Gasteiger partial charge in [0, 0.05) is 74.8 Å². The Kier molecular flexibility index (Phi) is 11.0. The molecular formula is C33H41ClFN7O3. The maximum Gasteiger partial charge on any atom is 0.254 e. The van der Waals surface area contributed by atoms with Crippen molar-refractivity contribution in [1.29, 1.82) is 0 Å². The van der Waals surface area contributed by atoms with Crippen molar-refractivity contribution in [3.8, 4) is 11.3 Å². The Balaban J connectivity index is 0.000000194. The lowest BCUT2D eigenvalue weighted by Crippen LogP contribution is -2.44. The van der Waals surface area contributed by atoms with E-state index in [2.05, 4.69) is 43.5 Å². The van der Waals surface area contributed by atoms with Crippen molar-refractivity contribution in [2.75, 3.05) is 70.2 Å². The number of nitrogens with zero attached hydrogens (tertiary/aromatic N) is 5. The number of aromatic nitrogens is 2. The van der Waals surface area contributed by atoms with Gasteiger partial charge >= 0.3 is 0 Å². The molecule has 1 aromatic heterocycles. The molecule has 0 aliphatic carbocycles. The van der Waals surface area contributed by atoms with Crippen molar-refractivity contribution in [3.05, 3.63) is 70.1 Å². The molecule has 1 atom stereocenters. The minimum atomic E-state index is -0.150. The molecule has 2 saturated heterocycles. The standard InChI is InChI=1S/C19H19ClN4O3.C14H22FN3/c20-16-10-21-19(22-14-3-7-27-8-4-14)23-17(16)12-1-2-13-11-24(5-6-25)18(26)15(13)9-12;1-11(16-2)12-8-13(15)10-14(9-12)18-6-4-17(3)5-7-18/h1-2,6,9-10,14H,3-5,7-8,11H2,(H,21,22,23);8-11,16H,4-7H2,1-3H3. The molecular weight excluding hydrogens is 597 g/mol. The molecule has 1 amide bonds. The molecule has 4 heterocycles. The largest absolute Gasteiger partial charge is 0.381 e. The smallest absolute Gasteiger partial charge is 0.254 e. The highest BCUT2D eigenvalue weighted by Crippen LogP contribution is 2.31. The van der Waals surface area contributed by atoms with Crippen LogP contribution in [-0.4, -0.2) is 98.0 Å². The van der Waals surface area contributed by atoms with Gasteiger partial charge < -0.3 is 34.9 Å². The van der Waals surface area contributed by atoms with Crippen molar-refractivity contribution in [2.24, 2.45) is 0 Å². The fraction of sp³-hybridized carbons (Fsp3) is 0.455. The number of nitrogens with one attached hydrogen (secondary N) is 2. The van der Waals surface area contributed by atoms with Gasteiger partial charge in [-0.3, -0.25) is 4.79 Å². The van der Waals surface area contributed by atoms with E-state index in [1.807, 2.05) is 26.1 Å². The zero-order chi connectivity index (χ0) is 31.9. The van der Waals surface area contributed by atoms with Gasteiger partial charge in [0.2, 0.25) is 5.95 Å². The minimum Gasteiger partial charge on any atom is -0.381 e. The van der Waals surface area contributed by atoms with Crippen molar-refractivity contribution in [2.45, 2.75) is 38.4 Å². The molecule has 3 aliphatic rings. The molecule has 12 heteroatoms. The number of aldehydes is 1. The molecule has 10 nitrogen and oxygen atoms in total. The van der Waals surface area contributed by atoms with Crippen LogP contribution in [0.4, 0.5) is 16.0 Å². The summed E-state index contributed by atoms with van der Waals surface area (Å²) in [4.78, 5) is 38.1. The predicted molar refractivity (Wildman–Crippen MR) is 174 cm³/mol. The number of carbonyl (C=O) groups is 2. The molecule has 3 aliphatic heterocycles. The molecule has 1 unspecified atom stereocenters. The van der Waals surface area contributed by atoms with Crippen molar-refractivity contribution in [1.82, 2.24) is 25.1 Å². The van der Waals surface area contributed by atoms with Crippen LogP contribution in [0.3, 0.4) is 0 Å². The van der Waals surface area contributed by atoms with Crippen molar-refractivity contribution in [3.63, 3.8) is 0 Å². The highest BCUT2D eigenvalue weighted by molar-refractivity contribution is 6.33. The molecule has 240 valence electrons. The Hall–Kier alpha value is -3.64. The first kappa shape index (κ1) is 32.7. The summed E-state index contributed by atoms with van der Waals surface area (Å²) in [5, 5.41) is 6.90. The van der Waals surface area contributed by atoms with E-state index in [9.17, 15) is 14.0 Å². The highest BCUT2D eigenvalue weighted by Gasteiger charge is 2.28. The number of benzene rings is 2. The summed E-state index contributed by atoms with van der Waals surface area (Å²) in [5.74, 6) is 0.212. The van der Waals surface area contributed by atoms with Crippen LogP contribution in [0.2, 0.25) is 5.02 Å². The van der Waals surface area contributed by atoms with Gasteiger partial charge in [-0.25, -0.2) is 14.4 Å². The van der Waals surface area contributed by atoms with Gasteiger partial charge in [0.1, 0.15) is 12.1 Å². The second-order valence-electron chi connectivity index (χ2n) is 11.7. The number of likely N-dealkylation sites (N-methyl/N-ethyl adjacent to an activating group) is 1. The van der Waals surface area contributed by atoms with Crippen molar-refractivity contribution >= 4 is 35.4 Å². The third kappa shape index (κ3) is 8.15. The van der Waals surface area contributed by atoms with E-state index in [1.165, 1.54) is 4.90 Å². The molecule has 2 fully saturated rings. The Bertz CT molecular complexity index is 1500. The summed E-state index contributed by atoms with van der Waals surface area (Å²) < 4.78 is 19.1. The van der Waals surface area contributed by atoms with Crippen LogP contribution in [0.15, 0.2) is 42.6 Å². The number of ether oxygens (including phenoxy) is 1. The van der Waals surface area contributed by atoms with Crippen molar-refractivity contribution < 1.29 is 18.7 Å². The molecule has 6 rings (SSSR count). The second kappa shape index (κ2) is 15.1. The van der Waals surface area contributed by atoms with E-state index in [1.54, 1.807) is 24.4 Å². The van der Waals surface area contributed by atoms with Crippen LogP contribution in [0, 0.1) is 5.82 Å². The molecule has 0 bridgehead atoms. The van der Waals surface area contributed by atoms with E-state index in [0.29, 0.717) is 28.8 Å². The number of rotatable bonds is 8. The first-order valence-electron chi connectivity index (χ1n) is 15.4. The lowest BCUT2D eigenvalue weighted by Gasteiger charge is -2.34. The van der Waals surface area contributed by atoms with E-state index in [-0.39, 0.29) is 30.4 Å². The van der Waals surface area contributed by atoms with E-state index in [4.69, 9.17) is 16.3 Å². The number of fused-ring (bicyclic) bond motifs is 1. The monoisotopic (exact) mass is 637 g/mol. The molecule has 45 heavy (non-hydrogen) atoms. The van der Waals surface area contributed by atoms with Crippen LogP contribution in [0.1, 0.15) is 47.3 Å². The summed E-state index contributed by atoms with van der Waals surface area (Å²) in [6.07, 6.45) is 4.11. The fourth-order valence-electron chi connectivity index (χ4n) is 5.67. The first-order valence-corrected chi connectivity index (χ1v) is 15.8. The van der Waals surface area contributed by atoms with Crippen LogP contribution >= 0.6 is 11.6 Å². The van der Waals surface area contributed by atoms with E-state index < -0.39 is 0 Å². The highest BCUT2D eigenvalue weighted by atomic mass is 35.5. The Labute approximate surface area is 268 Å². The van der Waals surface area contributed by atoms with E-state index in [0.717, 1.165) is 80.9 Å². The average molecular weight is 638 g/mol. The third-order valence-corrected chi connectivity index (χ3v) is 8.84. The SMILES string of the molecule is CNC(C)c1cc(F)cc(N2CCN(C)CC2)c1.O=CCN1Cc2ccc(-c3nc(NC4CCOCC4)ncc3Cl)cc2C1=O. The maximum atomic E-state index is 13.7. The Morgan fingerprint density at radius 1 is 1.13 bits per heavy atom. The molecule has 0 radical (unpaired) electrons. The van der Waals surface area contributed by atoms with Gasteiger partial charge in [-0.1, -0.05) is 23.7 Å². The van der Waals surface area contributed by atoms with Gasteiger partial charge in [0.15, 0.2) is 0 Å². The summed E-state index contributed by atoms with van der Waals surface area (Å²) in [6, 6.07) is 11.3. The Morgan fingerprint density at radius 3 is 2.60 bits per heavy atom. The van der Waals surface area contributed by atoms with Crippen LogP contribution in [0.5, 0.6) is 0 Å². The number of halogens is 2. The fourth-order valence-corrected chi connectivity index (χ4v) is 5.87. The van der Waals surface area contributed by atoms with Crippen LogP contribution < -0.4 is 15.5 Å². The van der Waals surface area contributed by atoms with Crippen LogP contribution in [0.25, 0.3) is 11.3 Å². The zero-order valence-electron chi connectivity index (χ0n) is 26.1. The van der Waals surface area contributed by atoms with Gasteiger partial charge in [0.25, 0.3) is 5.91 Å². The van der Waals surface area contributed by atoms with Gasteiger partial charge in [-0.05, 0) is 69.3 Å². The zero-order valence-corrected chi connectivity index (χ0v) is 26.8. The minimum absolute atomic E-state index is 0.0935. The lowest BCUT2D eigenvalue weighted by molar-refractivity contribution is -0.108. The first-order chi connectivity index (χ1) is 21.7. The molecule has 2 aromatic carbocycles. The number of hydrogen-bond acceptors (Lipinski definition) is 9. The topological polar surface area (TPSA) is 103 Å². The summed E-state index contributed by atoms with van der Waals surface area (Å²) in [7, 11) is 4.02. The molecule has 2 N–H and O–H groups in total. The number of carbonyl (C=O) groups excluding carboxylic acids is 2. The number of hydrogen-bond donors (Lipinski definition) is 2. The summed E-state index contributed by atoms with van der Waals surface area (Å²) in [5.41, 5.74) is 4.81. The third-order valence-electron chi connectivity index (χ3n) is 8.56. The molecule has 3 aromatic rings. The summed E-state index contributed by atoms with van der Waals surface area (Å²) in [6.45, 7) is 8.03. The Morgan fingerprint density at radius 2 is 1.89 bits per heavy atom. The van der Waals surface area contributed by atoms with Gasteiger partial charge in [-0.2, -0.15) is 0 Å². The number of amides is 1. The second-order valence-corrected chi connectivity index (χ2v) is 12.1. The molecule has 0 saturated carbocycles. The lowest BCUT2D eigenvalue weighted by atomic mass is 10.0. The predicted octanol–water partition coefficient (Wildman–Crippen LogP) is 4.40. The van der Waals surface area contributed by atoms with Crippen LogP contribution in [-0.2, 0) is 16.1 Å². The van der Waals surface area contributed by atoms with Gasteiger partial charge in [0.05, 0.1) is 23.5 Å². The van der Waals surface area contributed by atoms with E-state index >= 15 is 0 Å². The number of anilines is 2. The molecule has 0 spiro atoms. The normalized spacial score (nSPS) is 17.8. The maximum absolute atomic E-state index is 13.7. The number of piperazine rings is 1. The quantitative estimate of drug-likeness (QED) is 0.348.